The Balaban J connectivity index is 2.86. The van der Waals surface area contributed by atoms with Gasteiger partial charge in [-0.15, -0.1) is 0 Å². The predicted octanol–water partition coefficient (Wildman–Crippen LogP) is 0.954. The SMILES string of the molecule is [CH2+]CCN=C=[N-]. The van der Waals surface area contributed by atoms with Crippen LogP contribution < -0.4 is 0 Å². The number of hydrogen-bond donors (Lipinski definition) is 0. The molecule has 0 aromatic carbocycles. The Morgan fingerprint density at radius 3 is 2.67 bits per heavy atom. The van der Waals surface area contributed by atoms with Crippen molar-refractivity contribution in [3.63, 3.8) is 0 Å². The summed E-state index contributed by atoms with van der Waals surface area (Å²) >= 11 is 0. The lowest BCUT2D eigenvalue weighted by Gasteiger charge is -1.79. The monoisotopic (exact) mass is 82.1 g/mol. The first-order valence-corrected chi connectivity index (χ1v) is 1.76. The van der Waals surface area contributed by atoms with Gasteiger partial charge >= 0.3 is 0 Å². The molecule has 0 aromatic rings. The lowest BCUT2D eigenvalue weighted by atomic mass is 10.5. The summed E-state index contributed by atoms with van der Waals surface area (Å²) in [6, 6.07) is 1.65. The molecule has 0 spiro atoms. The van der Waals surface area contributed by atoms with Crippen LogP contribution in [0.3, 0.4) is 0 Å². The van der Waals surface area contributed by atoms with E-state index in [0.717, 1.165) is 0 Å². The smallest absolute Gasteiger partial charge is 0.0849 e. The first-order valence-electron chi connectivity index (χ1n) is 1.76. The fourth-order valence-corrected chi connectivity index (χ4v) is 0.129. The van der Waals surface area contributed by atoms with Crippen LogP contribution in [0.1, 0.15) is 6.42 Å². The maximum Gasteiger partial charge on any atom is 0.0849 e. The van der Waals surface area contributed by atoms with Gasteiger partial charge in [0.05, 0.1) is 13.3 Å². The molecule has 0 aromatic heterocycles. The molecule has 6 heavy (non-hydrogen) atoms. The van der Waals surface area contributed by atoms with Gasteiger partial charge in [0.25, 0.3) is 0 Å². The normalized spacial score (nSPS) is 6.67. The molecule has 0 rings (SSSR count). The summed E-state index contributed by atoms with van der Waals surface area (Å²) in [5.41, 5.74) is 0. The molecule has 0 bridgehead atoms. The quantitative estimate of drug-likeness (QED) is 0.351. The van der Waals surface area contributed by atoms with Crippen molar-refractivity contribution in [2.24, 2.45) is 4.99 Å². The Labute approximate surface area is 37.4 Å². The minimum absolute atomic E-state index is 0.566. The maximum atomic E-state index is 7.75. The highest BCUT2D eigenvalue weighted by Gasteiger charge is 1.65. The molecule has 0 aliphatic rings. The Morgan fingerprint density at radius 2 is 2.50 bits per heavy atom. The number of hydrogen-bond acceptors (Lipinski definition) is 1. The summed E-state index contributed by atoms with van der Waals surface area (Å²) in [5.74, 6) is 0. The van der Waals surface area contributed by atoms with Gasteiger partial charge < -0.3 is 10.4 Å². The van der Waals surface area contributed by atoms with Crippen LogP contribution in [-0.2, 0) is 0 Å². The summed E-state index contributed by atoms with van der Waals surface area (Å²) in [6.07, 6.45) is 0.716. The van der Waals surface area contributed by atoms with E-state index >= 15 is 0 Å². The van der Waals surface area contributed by atoms with Gasteiger partial charge in [0, 0.05) is 0 Å². The highest BCUT2D eigenvalue weighted by atomic mass is 14.7. The van der Waals surface area contributed by atoms with Crippen LogP contribution in [0.5, 0.6) is 0 Å². The second-order valence-corrected chi connectivity index (χ2v) is 0.835. The molecule has 0 fully saturated rings. The van der Waals surface area contributed by atoms with Crippen LogP contribution in [0, 0.1) is 6.92 Å². The van der Waals surface area contributed by atoms with E-state index in [2.05, 4.69) is 11.9 Å². The molecule has 0 aliphatic heterocycles. The van der Waals surface area contributed by atoms with Gasteiger partial charge in [-0.25, -0.2) is 0 Å². The van der Waals surface area contributed by atoms with E-state index in [0.29, 0.717) is 13.0 Å². The third-order valence-corrected chi connectivity index (χ3v) is 0.341. The Bertz CT molecular complexity index is 61.9. The van der Waals surface area contributed by atoms with Crippen LogP contribution >= 0.6 is 0 Å². The van der Waals surface area contributed by atoms with Gasteiger partial charge in [0.1, 0.15) is 0 Å². The topological polar surface area (TPSA) is 34.7 Å². The first-order chi connectivity index (χ1) is 2.91. The number of rotatable bonds is 2. The molecular formula is C4H6N2. The Kier molecular flexibility index (Phi) is 3.72. The predicted molar refractivity (Wildman–Crippen MR) is 25.6 cm³/mol. The largest absolute Gasteiger partial charge is 0.427 e. The summed E-state index contributed by atoms with van der Waals surface area (Å²) in [4.78, 5) is 3.33. The molecule has 2 nitrogen and oxygen atoms in total. The minimum Gasteiger partial charge on any atom is -0.427 e. The summed E-state index contributed by atoms with van der Waals surface area (Å²) in [5, 5.41) is 7.75. The van der Waals surface area contributed by atoms with Crippen molar-refractivity contribution in [2.45, 2.75) is 6.42 Å². The summed E-state index contributed by atoms with van der Waals surface area (Å²) in [6.45, 7) is 4.04. The zero-order valence-corrected chi connectivity index (χ0v) is 3.52. The van der Waals surface area contributed by atoms with Crippen LogP contribution in [0.4, 0.5) is 0 Å². The molecule has 32 valence electrons. The summed E-state index contributed by atoms with van der Waals surface area (Å²) in [7, 11) is 0. The molecule has 0 aliphatic carbocycles. The Morgan fingerprint density at radius 1 is 1.83 bits per heavy atom. The minimum atomic E-state index is 0.566. The van der Waals surface area contributed by atoms with Crippen molar-refractivity contribution in [1.82, 2.24) is 0 Å². The Hall–Kier alpha value is -0.750. The van der Waals surface area contributed by atoms with E-state index in [1.54, 1.807) is 6.01 Å². The van der Waals surface area contributed by atoms with Crippen LogP contribution in [0.2, 0.25) is 0 Å². The molecular weight excluding hydrogens is 76.1 g/mol. The fraction of sp³-hybridized carbons (Fsp3) is 0.500. The molecule has 0 amide bonds. The van der Waals surface area contributed by atoms with Crippen LogP contribution in [0.15, 0.2) is 4.99 Å². The van der Waals surface area contributed by atoms with Crippen molar-refractivity contribution in [3.05, 3.63) is 12.3 Å². The highest BCUT2D eigenvalue weighted by molar-refractivity contribution is 5.44. The lowest BCUT2D eigenvalue weighted by molar-refractivity contribution is 1.01. The van der Waals surface area contributed by atoms with Crippen molar-refractivity contribution in [3.8, 4) is 0 Å². The molecule has 0 radical (unpaired) electrons. The van der Waals surface area contributed by atoms with Gasteiger partial charge in [0.15, 0.2) is 0 Å². The average Bonchev–Trinajstić information content (AvgIpc) is 1.61. The van der Waals surface area contributed by atoms with E-state index < -0.39 is 0 Å². The van der Waals surface area contributed by atoms with E-state index in [-0.39, 0.29) is 0 Å². The van der Waals surface area contributed by atoms with Crippen molar-refractivity contribution in [2.75, 3.05) is 6.54 Å². The van der Waals surface area contributed by atoms with E-state index in [4.69, 9.17) is 5.41 Å². The molecule has 0 saturated heterocycles. The molecule has 2 heteroatoms. The highest BCUT2D eigenvalue weighted by Crippen LogP contribution is 1.70. The van der Waals surface area contributed by atoms with Gasteiger partial charge in [-0.3, -0.25) is 0 Å². The first kappa shape index (κ1) is 5.25. The van der Waals surface area contributed by atoms with Crippen molar-refractivity contribution >= 4 is 6.01 Å². The number of nitrogens with zero attached hydrogens (tertiary/aromatic N) is 2. The van der Waals surface area contributed by atoms with Crippen LogP contribution in [0.25, 0.3) is 5.41 Å². The average molecular weight is 82.1 g/mol. The zero-order chi connectivity index (χ0) is 4.83. The van der Waals surface area contributed by atoms with Crippen molar-refractivity contribution in [1.29, 1.82) is 0 Å². The van der Waals surface area contributed by atoms with Gasteiger partial charge in [-0.2, -0.15) is 6.01 Å². The van der Waals surface area contributed by atoms with E-state index in [1.165, 1.54) is 0 Å². The fourth-order valence-electron chi connectivity index (χ4n) is 0.129. The van der Waals surface area contributed by atoms with Crippen LogP contribution in [-0.4, -0.2) is 12.6 Å². The standard InChI is InChI=1S/C4H6N2/c1-2-3-6-4-5/h1-3H2. The zero-order valence-electron chi connectivity index (χ0n) is 3.52. The molecule has 0 saturated carbocycles. The third-order valence-electron chi connectivity index (χ3n) is 0.341. The summed E-state index contributed by atoms with van der Waals surface area (Å²) < 4.78 is 0. The molecule has 0 heterocycles. The molecule has 0 N–H and O–H groups in total. The van der Waals surface area contributed by atoms with Gasteiger partial charge in [0.2, 0.25) is 0 Å². The van der Waals surface area contributed by atoms with E-state index in [9.17, 15) is 0 Å². The van der Waals surface area contributed by atoms with Crippen molar-refractivity contribution < 1.29 is 0 Å². The second-order valence-electron chi connectivity index (χ2n) is 0.835. The lowest BCUT2D eigenvalue weighted by Crippen LogP contribution is -1.69. The van der Waals surface area contributed by atoms with Gasteiger partial charge in [-0.1, -0.05) is 0 Å². The third kappa shape index (κ3) is 3.25. The number of aliphatic imine (C=N–C) groups is 1. The maximum absolute atomic E-state index is 7.75. The molecule has 0 unspecified atom stereocenters. The molecule has 0 atom stereocenters. The second kappa shape index (κ2) is 4.25. The van der Waals surface area contributed by atoms with Gasteiger partial charge in [-0.05, 0) is 6.54 Å². The van der Waals surface area contributed by atoms with E-state index in [1.807, 2.05) is 0 Å².